The molecule has 0 atom stereocenters. The summed E-state index contributed by atoms with van der Waals surface area (Å²) in [6, 6.07) is 14.9. The normalized spacial score (nSPS) is 10.2. The molecule has 0 aliphatic carbocycles. The average Bonchev–Trinajstić information content (AvgIpc) is 2.78. The second kappa shape index (κ2) is 9.34. The maximum Gasteiger partial charge on any atom is 0.271 e. The van der Waals surface area contributed by atoms with E-state index in [0.717, 1.165) is 0 Å². The molecule has 0 radical (unpaired) electrons. The molecular formula is C21H16N4O7. The molecule has 3 aromatic rings. The molecule has 11 heteroatoms. The lowest BCUT2D eigenvalue weighted by Crippen LogP contribution is -2.16. The fourth-order valence-corrected chi connectivity index (χ4v) is 2.82. The molecule has 0 aliphatic rings. The van der Waals surface area contributed by atoms with Crippen molar-refractivity contribution < 1.29 is 24.2 Å². The van der Waals surface area contributed by atoms with Crippen LogP contribution in [0.4, 0.5) is 22.7 Å². The van der Waals surface area contributed by atoms with Crippen molar-refractivity contribution in [1.29, 1.82) is 0 Å². The highest BCUT2D eigenvalue weighted by atomic mass is 16.6. The Balaban J connectivity index is 1.84. The first-order valence-corrected chi connectivity index (χ1v) is 9.08. The second-order valence-electron chi connectivity index (χ2n) is 6.44. The summed E-state index contributed by atoms with van der Waals surface area (Å²) in [7, 11) is 1.35. The van der Waals surface area contributed by atoms with Crippen LogP contribution in [0, 0.1) is 20.2 Å². The van der Waals surface area contributed by atoms with Gasteiger partial charge < -0.3 is 15.4 Å². The number of amides is 2. The maximum atomic E-state index is 12.8. The summed E-state index contributed by atoms with van der Waals surface area (Å²) in [5.74, 6) is -1.07. The van der Waals surface area contributed by atoms with Crippen LogP contribution in [0.5, 0.6) is 5.75 Å². The molecule has 0 heterocycles. The third kappa shape index (κ3) is 5.02. The molecule has 2 N–H and O–H groups in total. The number of carbonyl (C=O) groups is 2. The fourth-order valence-electron chi connectivity index (χ4n) is 2.82. The summed E-state index contributed by atoms with van der Waals surface area (Å²) in [6.07, 6.45) is 0. The molecule has 0 unspecified atom stereocenters. The fraction of sp³-hybridized carbons (Fsp3) is 0.0476. The minimum atomic E-state index is -0.646. The number of nitrogens with zero attached hydrogens (tertiary/aromatic N) is 2. The number of hydrogen-bond acceptors (Lipinski definition) is 7. The number of anilines is 2. The van der Waals surface area contributed by atoms with Gasteiger partial charge in [0.15, 0.2) is 0 Å². The van der Waals surface area contributed by atoms with E-state index in [4.69, 9.17) is 4.74 Å². The van der Waals surface area contributed by atoms with Gasteiger partial charge in [0, 0.05) is 41.2 Å². The van der Waals surface area contributed by atoms with E-state index < -0.39 is 21.7 Å². The largest absolute Gasteiger partial charge is 0.496 e. The molecule has 0 saturated carbocycles. The third-order valence-corrected chi connectivity index (χ3v) is 4.34. The van der Waals surface area contributed by atoms with E-state index in [-0.39, 0.29) is 39.6 Å². The molecule has 3 aromatic carbocycles. The molecule has 0 bridgehead atoms. The van der Waals surface area contributed by atoms with E-state index in [2.05, 4.69) is 10.6 Å². The van der Waals surface area contributed by atoms with Crippen LogP contribution in [0.2, 0.25) is 0 Å². The van der Waals surface area contributed by atoms with Gasteiger partial charge in [-0.2, -0.15) is 0 Å². The second-order valence-corrected chi connectivity index (χ2v) is 6.44. The van der Waals surface area contributed by atoms with Crippen LogP contribution in [-0.2, 0) is 0 Å². The van der Waals surface area contributed by atoms with Crippen molar-refractivity contribution in [1.82, 2.24) is 0 Å². The van der Waals surface area contributed by atoms with E-state index in [1.54, 1.807) is 0 Å². The van der Waals surface area contributed by atoms with Crippen molar-refractivity contribution in [2.24, 2.45) is 0 Å². The van der Waals surface area contributed by atoms with Crippen LogP contribution in [0.3, 0.4) is 0 Å². The predicted octanol–water partition coefficient (Wildman–Crippen LogP) is 4.02. The smallest absolute Gasteiger partial charge is 0.271 e. The number of nitro benzene ring substituents is 2. The topological polar surface area (TPSA) is 154 Å². The standard InChI is InChI=1S/C21H16N4O7/c1-32-19-9-8-13(20(26)22-14-4-2-6-16(11-14)24(28)29)10-18(19)21(27)23-15-5-3-7-17(12-15)25(30)31/h2-12H,1H3,(H,22,26)(H,23,27). The summed E-state index contributed by atoms with van der Waals surface area (Å²) in [6.45, 7) is 0. The molecule has 0 aromatic heterocycles. The van der Waals surface area contributed by atoms with Crippen molar-refractivity contribution in [3.05, 3.63) is 98.1 Å². The van der Waals surface area contributed by atoms with E-state index in [0.29, 0.717) is 0 Å². The number of nitro groups is 2. The number of ether oxygens (including phenoxy) is 1. The number of rotatable bonds is 7. The summed E-state index contributed by atoms with van der Waals surface area (Å²) in [5.41, 5.74) is 0.141. The molecule has 162 valence electrons. The van der Waals surface area contributed by atoms with Gasteiger partial charge in [-0.15, -0.1) is 0 Å². The monoisotopic (exact) mass is 436 g/mol. The Hall–Kier alpha value is -4.80. The van der Waals surface area contributed by atoms with Crippen molar-refractivity contribution in [3.8, 4) is 5.75 Å². The molecule has 0 aliphatic heterocycles. The molecule has 0 spiro atoms. The quantitative estimate of drug-likeness (QED) is 0.419. The molecule has 0 fully saturated rings. The van der Waals surface area contributed by atoms with Gasteiger partial charge in [-0.05, 0) is 30.3 Å². The molecule has 2 amide bonds. The van der Waals surface area contributed by atoms with Gasteiger partial charge in [0.2, 0.25) is 0 Å². The van der Waals surface area contributed by atoms with Gasteiger partial charge in [0.25, 0.3) is 23.2 Å². The van der Waals surface area contributed by atoms with Crippen LogP contribution in [-0.4, -0.2) is 28.8 Å². The zero-order chi connectivity index (χ0) is 23.3. The number of hydrogen-bond donors (Lipinski definition) is 2. The van der Waals surface area contributed by atoms with Gasteiger partial charge in [0.05, 0.1) is 22.5 Å². The number of benzene rings is 3. The molecule has 3 rings (SSSR count). The number of methoxy groups -OCH3 is 1. The van der Waals surface area contributed by atoms with Crippen molar-refractivity contribution >= 4 is 34.6 Å². The summed E-state index contributed by atoms with van der Waals surface area (Å²) < 4.78 is 5.19. The van der Waals surface area contributed by atoms with Gasteiger partial charge >= 0.3 is 0 Å². The van der Waals surface area contributed by atoms with Crippen molar-refractivity contribution in [3.63, 3.8) is 0 Å². The molecule has 32 heavy (non-hydrogen) atoms. The summed E-state index contributed by atoms with van der Waals surface area (Å²) in [4.78, 5) is 46.0. The third-order valence-electron chi connectivity index (χ3n) is 4.34. The maximum absolute atomic E-state index is 12.8. The van der Waals surface area contributed by atoms with Gasteiger partial charge in [-0.3, -0.25) is 29.8 Å². The van der Waals surface area contributed by atoms with Gasteiger partial charge in [0.1, 0.15) is 5.75 Å². The van der Waals surface area contributed by atoms with E-state index in [1.807, 2.05) is 0 Å². The van der Waals surface area contributed by atoms with E-state index in [1.165, 1.54) is 73.8 Å². The SMILES string of the molecule is COc1ccc(C(=O)Nc2cccc([N+](=O)[O-])c2)cc1C(=O)Nc1cccc([N+](=O)[O-])c1. The first-order chi connectivity index (χ1) is 15.3. The first-order valence-electron chi connectivity index (χ1n) is 9.08. The summed E-state index contributed by atoms with van der Waals surface area (Å²) >= 11 is 0. The first kappa shape index (κ1) is 21.9. The highest BCUT2D eigenvalue weighted by Crippen LogP contribution is 2.24. The number of nitrogens with one attached hydrogen (secondary N) is 2. The summed E-state index contributed by atoms with van der Waals surface area (Å²) in [5, 5.41) is 26.9. The van der Waals surface area contributed by atoms with Crippen LogP contribution in [0.15, 0.2) is 66.7 Å². The number of carbonyl (C=O) groups excluding carboxylic acids is 2. The molecular weight excluding hydrogens is 420 g/mol. The lowest BCUT2D eigenvalue weighted by atomic mass is 10.1. The highest BCUT2D eigenvalue weighted by Gasteiger charge is 2.18. The van der Waals surface area contributed by atoms with Gasteiger partial charge in [-0.25, -0.2) is 0 Å². The average molecular weight is 436 g/mol. The van der Waals surface area contributed by atoms with Crippen LogP contribution in [0.1, 0.15) is 20.7 Å². The lowest BCUT2D eigenvalue weighted by Gasteiger charge is -2.12. The Kier molecular flexibility index (Phi) is 6.39. The van der Waals surface area contributed by atoms with Crippen LogP contribution < -0.4 is 15.4 Å². The predicted molar refractivity (Wildman–Crippen MR) is 115 cm³/mol. The Bertz CT molecular complexity index is 1230. The zero-order valence-corrected chi connectivity index (χ0v) is 16.6. The van der Waals surface area contributed by atoms with Crippen LogP contribution in [0.25, 0.3) is 0 Å². The van der Waals surface area contributed by atoms with Crippen molar-refractivity contribution in [2.45, 2.75) is 0 Å². The minimum Gasteiger partial charge on any atom is -0.496 e. The van der Waals surface area contributed by atoms with E-state index >= 15 is 0 Å². The zero-order valence-electron chi connectivity index (χ0n) is 16.6. The molecule has 0 saturated heterocycles. The minimum absolute atomic E-state index is 0.0192. The van der Waals surface area contributed by atoms with Crippen molar-refractivity contribution in [2.75, 3.05) is 17.7 Å². The Morgan fingerprint density at radius 1 is 0.781 bits per heavy atom. The number of non-ortho nitro benzene ring substituents is 2. The van der Waals surface area contributed by atoms with Gasteiger partial charge in [-0.1, -0.05) is 12.1 Å². The highest BCUT2D eigenvalue weighted by molar-refractivity contribution is 6.10. The van der Waals surface area contributed by atoms with E-state index in [9.17, 15) is 29.8 Å². The Morgan fingerprint density at radius 2 is 1.31 bits per heavy atom. The Labute approximate surface area is 180 Å². The Morgan fingerprint density at radius 3 is 1.81 bits per heavy atom. The molecule has 11 nitrogen and oxygen atoms in total. The van der Waals surface area contributed by atoms with Crippen LogP contribution >= 0.6 is 0 Å². The lowest BCUT2D eigenvalue weighted by molar-refractivity contribution is -0.385.